The molecular weight excluding hydrogens is 176 g/mol. The first-order valence-electron chi connectivity index (χ1n) is 3.26. The van der Waals surface area contributed by atoms with E-state index in [1.165, 1.54) is 7.11 Å². The lowest BCUT2D eigenvalue weighted by molar-refractivity contribution is 0.271. The van der Waals surface area contributed by atoms with E-state index in [0.717, 1.165) is 0 Å². The van der Waals surface area contributed by atoms with Gasteiger partial charge in [-0.2, -0.15) is 5.26 Å². The van der Waals surface area contributed by atoms with Crippen molar-refractivity contribution in [3.8, 4) is 6.07 Å². The number of anilines is 1. The summed E-state index contributed by atoms with van der Waals surface area (Å²) in [6.45, 7) is 0. The second-order valence-corrected chi connectivity index (χ2v) is 2.58. The Labute approximate surface area is 75.5 Å². The van der Waals surface area contributed by atoms with Crippen LogP contribution < -0.4 is 5.48 Å². The molecule has 62 valence electrons. The van der Waals surface area contributed by atoms with Crippen LogP contribution in [0, 0.1) is 11.3 Å². The van der Waals surface area contributed by atoms with Gasteiger partial charge in [-0.3, -0.25) is 10.3 Å². The molecule has 0 spiro atoms. The molecule has 0 heterocycles. The first-order chi connectivity index (χ1) is 5.76. The van der Waals surface area contributed by atoms with Crippen LogP contribution in [0.25, 0.3) is 0 Å². The Bertz CT molecular complexity index is 319. The molecule has 1 N–H and O–H groups in total. The maximum Gasteiger partial charge on any atom is 0.0992 e. The molecule has 3 nitrogen and oxygen atoms in total. The smallest absolute Gasteiger partial charge is 0.0992 e. The van der Waals surface area contributed by atoms with Crippen LogP contribution >= 0.6 is 11.6 Å². The van der Waals surface area contributed by atoms with E-state index in [1.54, 1.807) is 18.2 Å². The standard InChI is InChI=1S/C8H7ClN2O/c1-12-11-8-3-6(5-10)2-7(9)4-8/h2-4,11H,1H3. The molecule has 0 atom stereocenters. The summed E-state index contributed by atoms with van der Waals surface area (Å²) in [5.74, 6) is 0. The van der Waals surface area contributed by atoms with Crippen molar-refractivity contribution in [3.63, 3.8) is 0 Å². The highest BCUT2D eigenvalue weighted by Gasteiger charge is 1.97. The molecule has 0 bridgehead atoms. The summed E-state index contributed by atoms with van der Waals surface area (Å²) >= 11 is 5.72. The van der Waals surface area contributed by atoms with Gasteiger partial charge in [-0.1, -0.05) is 11.6 Å². The highest BCUT2D eigenvalue weighted by Crippen LogP contribution is 2.18. The number of rotatable bonds is 2. The number of hydrogen-bond acceptors (Lipinski definition) is 3. The monoisotopic (exact) mass is 182 g/mol. The number of nitrogens with one attached hydrogen (secondary N) is 1. The summed E-state index contributed by atoms with van der Waals surface area (Å²) in [7, 11) is 1.49. The van der Waals surface area contributed by atoms with Crippen LogP contribution in [0.3, 0.4) is 0 Å². The number of benzene rings is 1. The molecule has 0 aliphatic carbocycles. The Morgan fingerprint density at radius 2 is 2.25 bits per heavy atom. The average molecular weight is 183 g/mol. The predicted octanol–water partition coefficient (Wildman–Crippen LogP) is 2.18. The van der Waals surface area contributed by atoms with E-state index in [4.69, 9.17) is 16.9 Å². The van der Waals surface area contributed by atoms with Crippen molar-refractivity contribution in [1.82, 2.24) is 0 Å². The molecule has 12 heavy (non-hydrogen) atoms. The quantitative estimate of drug-likeness (QED) is 0.714. The fourth-order valence-electron chi connectivity index (χ4n) is 0.831. The van der Waals surface area contributed by atoms with E-state index in [-0.39, 0.29) is 0 Å². The third-order valence-corrected chi connectivity index (χ3v) is 1.47. The molecule has 0 aromatic heterocycles. The largest absolute Gasteiger partial charge is 0.279 e. The molecule has 0 aliphatic rings. The van der Waals surface area contributed by atoms with Gasteiger partial charge >= 0.3 is 0 Å². The fourth-order valence-corrected chi connectivity index (χ4v) is 1.07. The molecule has 0 unspecified atom stereocenters. The first kappa shape index (κ1) is 8.85. The Hall–Kier alpha value is -1.24. The topological polar surface area (TPSA) is 45.0 Å². The van der Waals surface area contributed by atoms with Crippen molar-refractivity contribution in [2.45, 2.75) is 0 Å². The zero-order chi connectivity index (χ0) is 8.97. The van der Waals surface area contributed by atoms with Crippen LogP contribution in [-0.2, 0) is 4.84 Å². The zero-order valence-corrected chi connectivity index (χ0v) is 7.22. The van der Waals surface area contributed by atoms with Crippen LogP contribution in [-0.4, -0.2) is 7.11 Å². The Kier molecular flexibility index (Phi) is 2.92. The summed E-state index contributed by atoms with van der Waals surface area (Å²) in [4.78, 5) is 4.66. The van der Waals surface area contributed by atoms with Gasteiger partial charge in [-0.25, -0.2) is 0 Å². The van der Waals surface area contributed by atoms with Gasteiger partial charge < -0.3 is 0 Å². The number of nitriles is 1. The zero-order valence-electron chi connectivity index (χ0n) is 6.47. The van der Waals surface area contributed by atoms with Gasteiger partial charge in [-0.05, 0) is 18.2 Å². The van der Waals surface area contributed by atoms with Crippen LogP contribution in [0.1, 0.15) is 5.56 Å². The first-order valence-corrected chi connectivity index (χ1v) is 3.63. The summed E-state index contributed by atoms with van der Waals surface area (Å²) in [5, 5.41) is 9.09. The summed E-state index contributed by atoms with van der Waals surface area (Å²) in [5.41, 5.74) is 3.76. The van der Waals surface area contributed by atoms with Gasteiger partial charge in [0.15, 0.2) is 0 Å². The molecule has 1 aromatic rings. The molecule has 1 aromatic carbocycles. The average Bonchev–Trinajstić information content (AvgIpc) is 2.04. The SMILES string of the molecule is CONc1cc(Cl)cc(C#N)c1. The van der Waals surface area contributed by atoms with Gasteiger partial charge in [-0.15, -0.1) is 0 Å². The van der Waals surface area contributed by atoms with E-state index in [0.29, 0.717) is 16.3 Å². The molecule has 0 saturated heterocycles. The van der Waals surface area contributed by atoms with Gasteiger partial charge in [0, 0.05) is 5.02 Å². The molecule has 4 heteroatoms. The Balaban J connectivity index is 3.00. The second-order valence-electron chi connectivity index (χ2n) is 2.15. The number of halogens is 1. The maximum absolute atomic E-state index is 8.58. The molecule has 0 fully saturated rings. The van der Waals surface area contributed by atoms with Crippen molar-refractivity contribution in [3.05, 3.63) is 28.8 Å². The normalized spacial score (nSPS) is 9.08. The van der Waals surface area contributed by atoms with Crippen molar-refractivity contribution >= 4 is 17.3 Å². The van der Waals surface area contributed by atoms with Crippen LogP contribution in [0.4, 0.5) is 5.69 Å². The van der Waals surface area contributed by atoms with E-state index in [1.807, 2.05) is 6.07 Å². The third kappa shape index (κ3) is 2.12. The van der Waals surface area contributed by atoms with Gasteiger partial charge in [0.1, 0.15) is 0 Å². The van der Waals surface area contributed by atoms with E-state index in [9.17, 15) is 0 Å². The molecule has 0 amide bonds. The number of hydrogen-bond donors (Lipinski definition) is 1. The van der Waals surface area contributed by atoms with Crippen LogP contribution in [0.2, 0.25) is 5.02 Å². The van der Waals surface area contributed by atoms with Crippen molar-refractivity contribution in [1.29, 1.82) is 5.26 Å². The minimum atomic E-state index is 0.502. The predicted molar refractivity (Wildman–Crippen MR) is 46.8 cm³/mol. The Morgan fingerprint density at radius 1 is 1.50 bits per heavy atom. The Morgan fingerprint density at radius 3 is 2.83 bits per heavy atom. The van der Waals surface area contributed by atoms with Crippen LogP contribution in [0.15, 0.2) is 18.2 Å². The van der Waals surface area contributed by atoms with Crippen molar-refractivity contribution in [2.24, 2.45) is 0 Å². The molecule has 0 radical (unpaired) electrons. The van der Waals surface area contributed by atoms with E-state index >= 15 is 0 Å². The summed E-state index contributed by atoms with van der Waals surface area (Å²) in [6.07, 6.45) is 0. The van der Waals surface area contributed by atoms with E-state index < -0.39 is 0 Å². The molecule has 0 aliphatic heterocycles. The lowest BCUT2D eigenvalue weighted by Crippen LogP contribution is -1.95. The second kappa shape index (κ2) is 3.96. The molecule has 1 rings (SSSR count). The van der Waals surface area contributed by atoms with E-state index in [2.05, 4.69) is 10.3 Å². The third-order valence-electron chi connectivity index (χ3n) is 1.25. The summed E-state index contributed by atoms with van der Waals surface area (Å²) < 4.78 is 0. The van der Waals surface area contributed by atoms with Gasteiger partial charge in [0.25, 0.3) is 0 Å². The maximum atomic E-state index is 8.58. The van der Waals surface area contributed by atoms with Crippen LogP contribution in [0.5, 0.6) is 0 Å². The minimum absolute atomic E-state index is 0.502. The summed E-state index contributed by atoms with van der Waals surface area (Å²) in [6, 6.07) is 6.89. The highest BCUT2D eigenvalue weighted by molar-refractivity contribution is 6.31. The van der Waals surface area contributed by atoms with Gasteiger partial charge in [0.05, 0.1) is 24.4 Å². The van der Waals surface area contributed by atoms with Crippen molar-refractivity contribution in [2.75, 3.05) is 12.6 Å². The molecule has 0 saturated carbocycles. The van der Waals surface area contributed by atoms with Gasteiger partial charge in [0.2, 0.25) is 0 Å². The highest BCUT2D eigenvalue weighted by atomic mass is 35.5. The lowest BCUT2D eigenvalue weighted by atomic mass is 10.2. The minimum Gasteiger partial charge on any atom is -0.279 e. The fraction of sp³-hybridized carbons (Fsp3) is 0.125. The van der Waals surface area contributed by atoms with Crippen molar-refractivity contribution < 1.29 is 4.84 Å². The number of nitrogens with zero attached hydrogens (tertiary/aromatic N) is 1. The molecular formula is C8H7ClN2O. The lowest BCUT2D eigenvalue weighted by Gasteiger charge is -2.02.